The number of carbonyl (C=O) groups is 1. The van der Waals surface area contributed by atoms with Gasteiger partial charge in [-0.25, -0.2) is 9.37 Å². The Morgan fingerprint density at radius 2 is 2.25 bits per heavy atom. The van der Waals surface area contributed by atoms with Gasteiger partial charge in [-0.2, -0.15) is 0 Å². The molecule has 5 nitrogen and oxygen atoms in total. The van der Waals surface area contributed by atoms with Crippen LogP contribution < -0.4 is 10.2 Å². The van der Waals surface area contributed by atoms with Gasteiger partial charge in [0.05, 0.1) is 11.7 Å². The molecule has 1 aromatic carbocycles. The van der Waals surface area contributed by atoms with E-state index in [0.717, 1.165) is 47.2 Å². The highest BCUT2D eigenvalue weighted by Crippen LogP contribution is 2.29. The summed E-state index contributed by atoms with van der Waals surface area (Å²) in [6.07, 6.45) is 1.20. The molecule has 0 bridgehead atoms. The summed E-state index contributed by atoms with van der Waals surface area (Å²) < 4.78 is 18.8. The lowest BCUT2D eigenvalue weighted by Crippen LogP contribution is -2.27. The molecule has 1 amide bonds. The van der Waals surface area contributed by atoms with Gasteiger partial charge in [-0.3, -0.25) is 4.79 Å². The Balaban J connectivity index is 1.80. The van der Waals surface area contributed by atoms with E-state index in [-0.39, 0.29) is 24.4 Å². The molecule has 1 aliphatic rings. The zero-order valence-electron chi connectivity index (χ0n) is 16.5. The predicted octanol–water partition coefficient (Wildman–Crippen LogP) is 3.80. The van der Waals surface area contributed by atoms with Crippen LogP contribution in [0.25, 0.3) is 0 Å². The lowest BCUT2D eigenvalue weighted by Gasteiger charge is -2.20. The van der Waals surface area contributed by atoms with Gasteiger partial charge < -0.3 is 15.0 Å². The van der Waals surface area contributed by atoms with Gasteiger partial charge in [0.15, 0.2) is 0 Å². The topological polar surface area (TPSA) is 54.5 Å². The largest absolute Gasteiger partial charge is 0.380 e. The normalized spacial score (nSPS) is 16.4. The van der Waals surface area contributed by atoms with Gasteiger partial charge in [-0.05, 0) is 48.4 Å². The Hall–Kier alpha value is -2.12. The molecule has 28 heavy (non-hydrogen) atoms. The first-order valence-electron chi connectivity index (χ1n) is 9.46. The molecule has 2 heterocycles. The molecule has 1 aromatic heterocycles. The number of amides is 1. The first-order valence-corrected chi connectivity index (χ1v) is 10.4. The van der Waals surface area contributed by atoms with Gasteiger partial charge >= 0.3 is 0 Å². The third-order valence-corrected chi connectivity index (χ3v) is 5.68. The molecule has 0 spiro atoms. The molecule has 0 saturated carbocycles. The number of carbonyl (C=O) groups excluding carboxylic acids is 1. The molecule has 1 aliphatic heterocycles. The number of benzene rings is 1. The second-order valence-electron chi connectivity index (χ2n) is 6.82. The molecule has 0 aliphatic carbocycles. The number of nitrogens with one attached hydrogen (secondary N) is 1. The summed E-state index contributed by atoms with van der Waals surface area (Å²) in [5, 5.41) is 3.63. The van der Waals surface area contributed by atoms with Crippen LogP contribution in [0.5, 0.6) is 0 Å². The molecule has 1 unspecified atom stereocenters. The molecule has 1 atom stereocenters. The van der Waals surface area contributed by atoms with Crippen LogP contribution in [0, 0.1) is 12.7 Å². The van der Waals surface area contributed by atoms with Gasteiger partial charge in [-0.15, -0.1) is 11.8 Å². The van der Waals surface area contributed by atoms with Crippen molar-refractivity contribution in [3.05, 3.63) is 52.8 Å². The zero-order valence-corrected chi connectivity index (χ0v) is 17.3. The Kier molecular flexibility index (Phi) is 6.91. The molecule has 1 fully saturated rings. The fourth-order valence-electron chi connectivity index (χ4n) is 3.35. The minimum atomic E-state index is -0.309. The quantitative estimate of drug-likeness (QED) is 0.713. The fraction of sp³-hybridized carbons (Fsp3) is 0.429. The first kappa shape index (κ1) is 20.6. The highest BCUT2D eigenvalue weighted by Gasteiger charge is 2.25. The smallest absolute Gasteiger partial charge is 0.254 e. The third-order valence-electron chi connectivity index (χ3n) is 4.82. The molecule has 1 saturated heterocycles. The number of hydrogen-bond acceptors (Lipinski definition) is 5. The van der Waals surface area contributed by atoms with E-state index < -0.39 is 0 Å². The number of hydrogen-bond donors (Lipinski definition) is 1. The fourth-order valence-corrected chi connectivity index (χ4v) is 4.18. The van der Waals surface area contributed by atoms with Crippen molar-refractivity contribution in [1.82, 2.24) is 10.3 Å². The average Bonchev–Trinajstić information content (AvgIpc) is 3.15. The molecular weight excluding hydrogens is 377 g/mol. The molecule has 7 heteroatoms. The molecule has 2 aromatic rings. The van der Waals surface area contributed by atoms with E-state index in [0.29, 0.717) is 5.56 Å². The van der Waals surface area contributed by atoms with Gasteiger partial charge in [0.1, 0.15) is 16.7 Å². The Morgan fingerprint density at radius 3 is 2.93 bits per heavy atom. The van der Waals surface area contributed by atoms with Crippen molar-refractivity contribution >= 4 is 23.5 Å². The summed E-state index contributed by atoms with van der Waals surface area (Å²) in [6.45, 7) is 5.96. The average molecular weight is 404 g/mol. The molecular formula is C21H26FN3O2S. The summed E-state index contributed by atoms with van der Waals surface area (Å²) in [5.41, 5.74) is 2.20. The number of aryl methyl sites for hydroxylation is 1. The van der Waals surface area contributed by atoms with Gasteiger partial charge in [0, 0.05) is 26.7 Å². The number of methoxy groups -OCH3 is 1. The molecule has 3 rings (SSSR count). The summed E-state index contributed by atoms with van der Waals surface area (Å²) in [5.74, 6) is 1.21. The van der Waals surface area contributed by atoms with Crippen LogP contribution in [0.4, 0.5) is 10.2 Å². The minimum Gasteiger partial charge on any atom is -0.380 e. The molecule has 1 N–H and O–H groups in total. The predicted molar refractivity (Wildman–Crippen MR) is 111 cm³/mol. The highest BCUT2D eigenvalue weighted by atomic mass is 32.2. The standard InChI is InChI=1S/C21H26FN3O2S/c1-4-28-21-19(20(26)23-12-15-6-5-7-16(22)11-15)14(2)10-18(24-21)25-9-8-17(13-25)27-3/h5-7,10-11,17H,4,8-9,12-13H2,1-3H3,(H,23,26). The van der Waals surface area contributed by atoms with Crippen LogP contribution in [0.3, 0.4) is 0 Å². The number of halogens is 1. The highest BCUT2D eigenvalue weighted by molar-refractivity contribution is 7.99. The van der Waals surface area contributed by atoms with E-state index in [4.69, 9.17) is 9.72 Å². The van der Waals surface area contributed by atoms with Crippen molar-refractivity contribution < 1.29 is 13.9 Å². The van der Waals surface area contributed by atoms with E-state index in [1.54, 1.807) is 31.0 Å². The number of nitrogens with zero attached hydrogens (tertiary/aromatic N) is 2. The van der Waals surface area contributed by atoms with Crippen molar-refractivity contribution in [3.63, 3.8) is 0 Å². The van der Waals surface area contributed by atoms with Crippen molar-refractivity contribution in [2.45, 2.75) is 37.9 Å². The minimum absolute atomic E-state index is 0.187. The van der Waals surface area contributed by atoms with Gasteiger partial charge in [0.25, 0.3) is 5.91 Å². The van der Waals surface area contributed by atoms with Crippen molar-refractivity contribution in [2.75, 3.05) is 30.9 Å². The second-order valence-corrected chi connectivity index (χ2v) is 8.07. The maximum atomic E-state index is 13.3. The van der Waals surface area contributed by atoms with E-state index in [9.17, 15) is 9.18 Å². The van der Waals surface area contributed by atoms with Crippen LogP contribution in [-0.2, 0) is 11.3 Å². The molecule has 150 valence electrons. The summed E-state index contributed by atoms with van der Waals surface area (Å²) in [4.78, 5) is 19.8. The monoisotopic (exact) mass is 403 g/mol. The third kappa shape index (κ3) is 4.83. The zero-order chi connectivity index (χ0) is 20.1. The van der Waals surface area contributed by atoms with Crippen LogP contribution in [0.1, 0.15) is 34.8 Å². The number of thioether (sulfide) groups is 1. The Morgan fingerprint density at radius 1 is 1.43 bits per heavy atom. The summed E-state index contributed by atoms with van der Waals surface area (Å²) in [7, 11) is 1.73. The summed E-state index contributed by atoms with van der Waals surface area (Å²) in [6, 6.07) is 8.21. The lowest BCUT2D eigenvalue weighted by atomic mass is 10.1. The number of anilines is 1. The van der Waals surface area contributed by atoms with Gasteiger partial charge in [0.2, 0.25) is 0 Å². The SMILES string of the molecule is CCSc1nc(N2CCC(OC)C2)cc(C)c1C(=O)NCc1cccc(F)c1. The van der Waals surface area contributed by atoms with E-state index >= 15 is 0 Å². The second kappa shape index (κ2) is 9.39. The molecule has 0 radical (unpaired) electrons. The van der Waals surface area contributed by atoms with Crippen molar-refractivity contribution in [3.8, 4) is 0 Å². The maximum absolute atomic E-state index is 13.3. The lowest BCUT2D eigenvalue weighted by molar-refractivity contribution is 0.0946. The number of rotatable bonds is 7. The number of aromatic nitrogens is 1. The maximum Gasteiger partial charge on any atom is 0.254 e. The summed E-state index contributed by atoms with van der Waals surface area (Å²) >= 11 is 1.56. The van der Waals surface area contributed by atoms with Crippen molar-refractivity contribution in [1.29, 1.82) is 0 Å². The van der Waals surface area contributed by atoms with E-state index in [2.05, 4.69) is 10.2 Å². The van der Waals surface area contributed by atoms with E-state index in [1.807, 2.05) is 19.9 Å². The Bertz CT molecular complexity index is 846. The van der Waals surface area contributed by atoms with E-state index in [1.165, 1.54) is 12.1 Å². The van der Waals surface area contributed by atoms with Crippen molar-refractivity contribution in [2.24, 2.45) is 0 Å². The first-order chi connectivity index (χ1) is 13.5. The number of pyridine rings is 1. The van der Waals surface area contributed by atoms with Crippen LogP contribution in [-0.4, -0.2) is 42.9 Å². The van der Waals surface area contributed by atoms with Crippen LogP contribution in [0.15, 0.2) is 35.4 Å². The van der Waals surface area contributed by atoms with Crippen LogP contribution in [0.2, 0.25) is 0 Å². The Labute approximate surface area is 169 Å². The number of ether oxygens (including phenoxy) is 1. The van der Waals surface area contributed by atoms with Crippen LogP contribution >= 0.6 is 11.8 Å². The van der Waals surface area contributed by atoms with Gasteiger partial charge in [-0.1, -0.05) is 19.1 Å².